The van der Waals surface area contributed by atoms with Crippen molar-refractivity contribution < 1.29 is 0 Å². The van der Waals surface area contributed by atoms with Crippen LogP contribution in [0.15, 0.2) is 72.6 Å². The van der Waals surface area contributed by atoms with Crippen molar-refractivity contribution >= 4 is 11.4 Å². The zero-order valence-electron chi connectivity index (χ0n) is 9.80. The zero-order valence-corrected chi connectivity index (χ0v) is 9.80. The van der Waals surface area contributed by atoms with Crippen molar-refractivity contribution in [3.63, 3.8) is 0 Å². The summed E-state index contributed by atoms with van der Waals surface area (Å²) < 4.78 is 0. The van der Waals surface area contributed by atoms with Gasteiger partial charge >= 0.3 is 0 Å². The standard InChI is InChI=1S/C15H13N3/c16-11-15(18-14-9-5-2-6-10-14)12-17-13-7-3-1-4-8-13/h1-10,12,17-18H/b15-12-. The average Bonchev–Trinajstić information content (AvgIpc) is 2.45. The van der Waals surface area contributed by atoms with Gasteiger partial charge in [0, 0.05) is 17.6 Å². The molecule has 2 rings (SSSR count). The van der Waals surface area contributed by atoms with Crippen molar-refractivity contribution in [1.29, 1.82) is 5.26 Å². The molecule has 0 aliphatic rings. The second kappa shape index (κ2) is 6.12. The van der Waals surface area contributed by atoms with Gasteiger partial charge in [0.15, 0.2) is 0 Å². The number of hydrogen-bond acceptors (Lipinski definition) is 3. The maximum Gasteiger partial charge on any atom is 0.134 e. The van der Waals surface area contributed by atoms with Crippen LogP contribution in [0.25, 0.3) is 0 Å². The summed E-state index contributed by atoms with van der Waals surface area (Å²) in [6, 6.07) is 21.4. The van der Waals surface area contributed by atoms with Crippen molar-refractivity contribution in [3.05, 3.63) is 72.6 Å². The molecule has 0 saturated heterocycles. The predicted octanol–water partition coefficient (Wildman–Crippen LogP) is 3.58. The molecule has 0 fully saturated rings. The van der Waals surface area contributed by atoms with Gasteiger partial charge in [-0.2, -0.15) is 5.26 Å². The number of nitrogens with one attached hydrogen (secondary N) is 2. The Morgan fingerprint density at radius 2 is 1.44 bits per heavy atom. The lowest BCUT2D eigenvalue weighted by Gasteiger charge is -2.05. The van der Waals surface area contributed by atoms with Crippen molar-refractivity contribution in [3.8, 4) is 6.07 Å². The van der Waals surface area contributed by atoms with Crippen LogP contribution in [0.1, 0.15) is 0 Å². The van der Waals surface area contributed by atoms with E-state index < -0.39 is 0 Å². The highest BCUT2D eigenvalue weighted by Crippen LogP contribution is 2.10. The van der Waals surface area contributed by atoms with Gasteiger partial charge < -0.3 is 10.6 Å². The van der Waals surface area contributed by atoms with Crippen LogP contribution in [0.2, 0.25) is 0 Å². The quantitative estimate of drug-likeness (QED) is 0.796. The molecular weight excluding hydrogens is 222 g/mol. The van der Waals surface area contributed by atoms with Crippen LogP contribution in [-0.4, -0.2) is 0 Å². The lowest BCUT2D eigenvalue weighted by Crippen LogP contribution is -2.00. The maximum absolute atomic E-state index is 9.04. The van der Waals surface area contributed by atoms with Crippen LogP contribution < -0.4 is 10.6 Å². The van der Waals surface area contributed by atoms with Gasteiger partial charge in [-0.3, -0.25) is 0 Å². The fourth-order valence-electron chi connectivity index (χ4n) is 1.46. The van der Waals surface area contributed by atoms with Crippen LogP contribution in [0.3, 0.4) is 0 Å². The summed E-state index contributed by atoms with van der Waals surface area (Å²) in [6.07, 6.45) is 1.66. The SMILES string of the molecule is N#C/C(=C/Nc1ccccc1)Nc1ccccc1. The van der Waals surface area contributed by atoms with Crippen molar-refractivity contribution in [2.45, 2.75) is 0 Å². The topological polar surface area (TPSA) is 47.9 Å². The molecule has 0 aliphatic carbocycles. The molecule has 3 nitrogen and oxygen atoms in total. The van der Waals surface area contributed by atoms with Gasteiger partial charge in [-0.05, 0) is 24.3 Å². The van der Waals surface area contributed by atoms with E-state index in [1.807, 2.05) is 60.7 Å². The third kappa shape index (κ3) is 3.39. The van der Waals surface area contributed by atoms with Gasteiger partial charge in [-0.15, -0.1) is 0 Å². The number of anilines is 2. The molecule has 0 heterocycles. The smallest absolute Gasteiger partial charge is 0.134 e. The lowest BCUT2D eigenvalue weighted by atomic mass is 10.3. The Morgan fingerprint density at radius 3 is 2.00 bits per heavy atom. The number of benzene rings is 2. The number of allylic oxidation sites excluding steroid dienone is 1. The van der Waals surface area contributed by atoms with Crippen molar-refractivity contribution in [2.24, 2.45) is 0 Å². The molecular formula is C15H13N3. The van der Waals surface area contributed by atoms with Crippen LogP contribution in [0, 0.1) is 11.3 Å². The third-order valence-corrected chi connectivity index (χ3v) is 2.33. The number of nitriles is 1. The molecule has 3 heteroatoms. The summed E-state index contributed by atoms with van der Waals surface area (Å²) in [5, 5.41) is 15.1. The van der Waals surface area contributed by atoms with E-state index >= 15 is 0 Å². The average molecular weight is 235 g/mol. The number of para-hydroxylation sites is 2. The van der Waals surface area contributed by atoms with E-state index in [0.29, 0.717) is 5.70 Å². The van der Waals surface area contributed by atoms with Gasteiger partial charge in [-0.25, -0.2) is 0 Å². The molecule has 18 heavy (non-hydrogen) atoms. The maximum atomic E-state index is 9.04. The molecule has 0 unspecified atom stereocenters. The summed E-state index contributed by atoms with van der Waals surface area (Å²) in [6.45, 7) is 0. The highest BCUT2D eigenvalue weighted by atomic mass is 14.9. The first-order valence-corrected chi connectivity index (χ1v) is 5.62. The molecule has 2 aromatic carbocycles. The second-order valence-electron chi connectivity index (χ2n) is 3.67. The van der Waals surface area contributed by atoms with E-state index in [2.05, 4.69) is 16.7 Å². The van der Waals surface area contributed by atoms with E-state index in [1.54, 1.807) is 6.20 Å². The first-order chi connectivity index (χ1) is 8.88. The minimum absolute atomic E-state index is 0.463. The molecule has 0 bridgehead atoms. The minimum Gasteiger partial charge on any atom is -0.359 e. The highest BCUT2D eigenvalue weighted by molar-refractivity contribution is 5.54. The number of rotatable bonds is 4. The van der Waals surface area contributed by atoms with Crippen LogP contribution in [0.4, 0.5) is 11.4 Å². The molecule has 0 spiro atoms. The zero-order chi connectivity index (χ0) is 12.6. The summed E-state index contributed by atoms with van der Waals surface area (Å²) >= 11 is 0. The van der Waals surface area contributed by atoms with E-state index in [0.717, 1.165) is 11.4 Å². The molecule has 2 N–H and O–H groups in total. The fourth-order valence-corrected chi connectivity index (χ4v) is 1.46. The molecule has 0 aliphatic heterocycles. The highest BCUT2D eigenvalue weighted by Gasteiger charge is 1.95. The van der Waals surface area contributed by atoms with Gasteiger partial charge in [0.1, 0.15) is 11.8 Å². The molecule has 0 atom stereocenters. The Labute approximate surface area is 106 Å². The van der Waals surface area contributed by atoms with Crippen molar-refractivity contribution in [2.75, 3.05) is 10.6 Å². The van der Waals surface area contributed by atoms with Gasteiger partial charge in [-0.1, -0.05) is 36.4 Å². The number of nitrogens with zero attached hydrogens (tertiary/aromatic N) is 1. The van der Waals surface area contributed by atoms with E-state index in [4.69, 9.17) is 5.26 Å². The fraction of sp³-hybridized carbons (Fsp3) is 0. The van der Waals surface area contributed by atoms with Gasteiger partial charge in [0.05, 0.1) is 0 Å². The van der Waals surface area contributed by atoms with Gasteiger partial charge in [0.2, 0.25) is 0 Å². The van der Waals surface area contributed by atoms with Crippen LogP contribution in [-0.2, 0) is 0 Å². The van der Waals surface area contributed by atoms with Crippen molar-refractivity contribution in [1.82, 2.24) is 0 Å². The van der Waals surface area contributed by atoms with E-state index in [-0.39, 0.29) is 0 Å². The minimum atomic E-state index is 0.463. The summed E-state index contributed by atoms with van der Waals surface area (Å²) in [4.78, 5) is 0. The summed E-state index contributed by atoms with van der Waals surface area (Å²) in [7, 11) is 0. The first kappa shape index (κ1) is 11.7. The monoisotopic (exact) mass is 235 g/mol. The Morgan fingerprint density at radius 1 is 0.889 bits per heavy atom. The first-order valence-electron chi connectivity index (χ1n) is 5.62. The Bertz CT molecular complexity index is 553. The lowest BCUT2D eigenvalue weighted by molar-refractivity contribution is 1.40. The van der Waals surface area contributed by atoms with Crippen LogP contribution >= 0.6 is 0 Å². The Hall–Kier alpha value is -2.73. The summed E-state index contributed by atoms with van der Waals surface area (Å²) in [5.41, 5.74) is 2.30. The molecule has 0 saturated carbocycles. The molecule has 88 valence electrons. The van der Waals surface area contributed by atoms with Crippen LogP contribution in [0.5, 0.6) is 0 Å². The molecule has 2 aromatic rings. The third-order valence-electron chi connectivity index (χ3n) is 2.33. The summed E-state index contributed by atoms with van der Waals surface area (Å²) in [5.74, 6) is 0. The van der Waals surface area contributed by atoms with E-state index in [1.165, 1.54) is 0 Å². The molecule has 0 aromatic heterocycles. The second-order valence-corrected chi connectivity index (χ2v) is 3.67. The largest absolute Gasteiger partial charge is 0.359 e. The van der Waals surface area contributed by atoms with Gasteiger partial charge in [0.25, 0.3) is 0 Å². The number of hydrogen-bond donors (Lipinski definition) is 2. The molecule has 0 amide bonds. The Kier molecular flexibility index (Phi) is 3.99. The predicted molar refractivity (Wildman–Crippen MR) is 73.8 cm³/mol. The normalized spacial score (nSPS) is 10.5. The Balaban J connectivity index is 2.04. The van der Waals surface area contributed by atoms with E-state index in [9.17, 15) is 0 Å². The molecule has 0 radical (unpaired) electrons.